The molecule has 19 heavy (non-hydrogen) atoms. The predicted molar refractivity (Wildman–Crippen MR) is 82.0 cm³/mol. The number of thioether (sulfide) groups is 1. The molecule has 1 aliphatic heterocycles. The van der Waals surface area contributed by atoms with Crippen LogP contribution in [0.3, 0.4) is 0 Å². The highest BCUT2D eigenvalue weighted by Gasteiger charge is 2.19. The number of likely N-dealkylation sites (tertiary alicyclic amines) is 1. The predicted octanol–water partition coefficient (Wildman–Crippen LogP) is 3.71. The van der Waals surface area contributed by atoms with Gasteiger partial charge >= 0.3 is 0 Å². The second kappa shape index (κ2) is 7.11. The molecule has 2 nitrogen and oxygen atoms in total. The van der Waals surface area contributed by atoms with Gasteiger partial charge in [0.2, 0.25) is 0 Å². The fraction of sp³-hybridized carbons (Fsp3) is 0.562. The quantitative estimate of drug-likeness (QED) is 0.604. The van der Waals surface area contributed by atoms with Gasteiger partial charge in [0.05, 0.1) is 6.54 Å². The van der Waals surface area contributed by atoms with Crippen LogP contribution in [0.2, 0.25) is 0 Å². The van der Waals surface area contributed by atoms with Crippen LogP contribution in [-0.2, 0) is 0 Å². The van der Waals surface area contributed by atoms with E-state index in [1.807, 2.05) is 23.9 Å². The van der Waals surface area contributed by atoms with Crippen molar-refractivity contribution >= 4 is 17.5 Å². The Labute approximate surface area is 120 Å². The van der Waals surface area contributed by atoms with E-state index in [2.05, 4.69) is 30.9 Å². The van der Waals surface area contributed by atoms with Crippen LogP contribution in [-0.4, -0.2) is 36.1 Å². The molecule has 1 unspecified atom stereocenters. The van der Waals surface area contributed by atoms with Crippen molar-refractivity contribution in [3.05, 3.63) is 29.8 Å². The zero-order chi connectivity index (χ0) is 13.7. The van der Waals surface area contributed by atoms with Gasteiger partial charge in [-0.1, -0.05) is 26.0 Å². The third-order valence-corrected chi connectivity index (χ3v) is 4.49. The number of piperidine rings is 1. The average molecular weight is 277 g/mol. The molecule has 1 fully saturated rings. The Morgan fingerprint density at radius 2 is 2.11 bits per heavy atom. The van der Waals surface area contributed by atoms with Gasteiger partial charge in [-0.25, -0.2) is 0 Å². The lowest BCUT2D eigenvalue weighted by atomic mass is 9.99. The summed E-state index contributed by atoms with van der Waals surface area (Å²) in [5, 5.41) is 0. The van der Waals surface area contributed by atoms with E-state index in [4.69, 9.17) is 0 Å². The molecule has 0 amide bonds. The van der Waals surface area contributed by atoms with Crippen molar-refractivity contribution < 1.29 is 4.79 Å². The third-order valence-electron chi connectivity index (χ3n) is 3.60. The van der Waals surface area contributed by atoms with Crippen molar-refractivity contribution in [1.82, 2.24) is 4.90 Å². The van der Waals surface area contributed by atoms with Crippen LogP contribution in [0, 0.1) is 5.92 Å². The standard InChI is InChI=1S/C16H23NOS/c1-3-19-15-8-6-14(7-9-15)16(18)12-17-10-4-5-13(2)11-17/h6-9,13H,3-5,10-12H2,1-2H3. The summed E-state index contributed by atoms with van der Waals surface area (Å²) in [7, 11) is 0. The van der Waals surface area contributed by atoms with Gasteiger partial charge in [0.25, 0.3) is 0 Å². The van der Waals surface area contributed by atoms with Crippen LogP contribution in [0.5, 0.6) is 0 Å². The Balaban J connectivity index is 1.91. The van der Waals surface area contributed by atoms with Crippen molar-refractivity contribution in [2.24, 2.45) is 5.92 Å². The monoisotopic (exact) mass is 277 g/mol. The van der Waals surface area contributed by atoms with Crippen LogP contribution < -0.4 is 0 Å². The van der Waals surface area contributed by atoms with E-state index in [1.165, 1.54) is 17.7 Å². The first-order valence-corrected chi connectivity index (χ1v) is 8.16. The van der Waals surface area contributed by atoms with E-state index in [0.717, 1.165) is 30.3 Å². The molecule has 0 aliphatic carbocycles. The molecule has 0 spiro atoms. The Kier molecular flexibility index (Phi) is 5.46. The summed E-state index contributed by atoms with van der Waals surface area (Å²) in [5.74, 6) is 2.05. The second-order valence-corrected chi connectivity index (χ2v) is 6.70. The van der Waals surface area contributed by atoms with Crippen molar-refractivity contribution in [2.45, 2.75) is 31.6 Å². The first-order valence-electron chi connectivity index (χ1n) is 7.17. The number of rotatable bonds is 5. The van der Waals surface area contributed by atoms with Gasteiger partial charge in [0, 0.05) is 17.0 Å². The summed E-state index contributed by atoms with van der Waals surface area (Å²) in [6.07, 6.45) is 2.52. The van der Waals surface area contributed by atoms with Crippen LogP contribution in [0.4, 0.5) is 0 Å². The van der Waals surface area contributed by atoms with E-state index >= 15 is 0 Å². The molecule has 1 saturated heterocycles. The molecule has 0 saturated carbocycles. The van der Waals surface area contributed by atoms with Gasteiger partial charge in [-0.05, 0) is 43.2 Å². The third kappa shape index (κ3) is 4.36. The molecule has 0 N–H and O–H groups in total. The van der Waals surface area contributed by atoms with Gasteiger partial charge < -0.3 is 0 Å². The lowest BCUT2D eigenvalue weighted by Crippen LogP contribution is -2.37. The summed E-state index contributed by atoms with van der Waals surface area (Å²) in [4.78, 5) is 15.8. The van der Waals surface area contributed by atoms with Crippen LogP contribution >= 0.6 is 11.8 Å². The maximum absolute atomic E-state index is 12.2. The largest absolute Gasteiger partial charge is 0.296 e. The number of Topliss-reactive ketones (excluding diaryl/α,β-unsaturated/α-hetero) is 1. The molecule has 104 valence electrons. The Hall–Kier alpha value is -0.800. The van der Waals surface area contributed by atoms with Gasteiger partial charge in [0.1, 0.15) is 0 Å². The minimum absolute atomic E-state index is 0.252. The van der Waals surface area contributed by atoms with Gasteiger partial charge in [0.15, 0.2) is 5.78 Å². The van der Waals surface area contributed by atoms with E-state index in [1.54, 1.807) is 0 Å². The summed E-state index contributed by atoms with van der Waals surface area (Å²) in [5.41, 5.74) is 0.846. The van der Waals surface area contributed by atoms with E-state index in [9.17, 15) is 4.79 Å². The highest BCUT2D eigenvalue weighted by Crippen LogP contribution is 2.19. The fourth-order valence-electron chi connectivity index (χ4n) is 2.63. The highest BCUT2D eigenvalue weighted by molar-refractivity contribution is 7.99. The van der Waals surface area contributed by atoms with Crippen molar-refractivity contribution in [3.63, 3.8) is 0 Å². The zero-order valence-corrected chi connectivity index (χ0v) is 12.7. The lowest BCUT2D eigenvalue weighted by molar-refractivity contribution is 0.0893. The first-order chi connectivity index (χ1) is 9.19. The Morgan fingerprint density at radius 1 is 1.37 bits per heavy atom. The maximum atomic E-state index is 12.2. The van der Waals surface area contributed by atoms with Crippen molar-refractivity contribution in [3.8, 4) is 0 Å². The molecule has 1 aromatic carbocycles. The zero-order valence-electron chi connectivity index (χ0n) is 11.9. The minimum Gasteiger partial charge on any atom is -0.296 e. The molecule has 2 rings (SSSR count). The van der Waals surface area contributed by atoms with Crippen LogP contribution in [0.15, 0.2) is 29.2 Å². The second-order valence-electron chi connectivity index (χ2n) is 5.36. The van der Waals surface area contributed by atoms with Crippen molar-refractivity contribution in [1.29, 1.82) is 0 Å². The number of ketones is 1. The van der Waals surface area contributed by atoms with Crippen LogP contribution in [0.25, 0.3) is 0 Å². The molecule has 0 aromatic heterocycles. The minimum atomic E-state index is 0.252. The smallest absolute Gasteiger partial charge is 0.176 e. The highest BCUT2D eigenvalue weighted by atomic mass is 32.2. The maximum Gasteiger partial charge on any atom is 0.176 e. The number of nitrogens with zero attached hydrogens (tertiary/aromatic N) is 1. The summed E-state index contributed by atoms with van der Waals surface area (Å²) >= 11 is 1.81. The Morgan fingerprint density at radius 3 is 2.74 bits per heavy atom. The molecule has 1 aliphatic rings. The molecule has 3 heteroatoms. The van der Waals surface area contributed by atoms with E-state index in [0.29, 0.717) is 6.54 Å². The number of carbonyl (C=O) groups excluding carboxylic acids is 1. The SMILES string of the molecule is CCSc1ccc(C(=O)CN2CCCC(C)C2)cc1. The topological polar surface area (TPSA) is 20.3 Å². The van der Waals surface area contributed by atoms with Gasteiger partial charge in [-0.15, -0.1) is 11.8 Å². The molecule has 0 bridgehead atoms. The first kappa shape index (κ1) is 14.6. The Bertz CT molecular complexity index is 415. The van der Waals surface area contributed by atoms with E-state index in [-0.39, 0.29) is 5.78 Å². The number of hydrogen-bond donors (Lipinski definition) is 0. The normalized spacial score (nSPS) is 20.4. The molecular formula is C16H23NOS. The fourth-order valence-corrected chi connectivity index (χ4v) is 3.29. The lowest BCUT2D eigenvalue weighted by Gasteiger charge is -2.30. The summed E-state index contributed by atoms with van der Waals surface area (Å²) in [6, 6.07) is 8.04. The van der Waals surface area contributed by atoms with Crippen LogP contribution in [0.1, 0.15) is 37.0 Å². The molecular weight excluding hydrogens is 254 g/mol. The van der Waals surface area contributed by atoms with Gasteiger partial charge in [-0.3, -0.25) is 9.69 Å². The number of benzene rings is 1. The average Bonchev–Trinajstić information content (AvgIpc) is 2.40. The molecule has 0 radical (unpaired) electrons. The molecule has 1 aromatic rings. The van der Waals surface area contributed by atoms with Gasteiger partial charge in [-0.2, -0.15) is 0 Å². The summed E-state index contributed by atoms with van der Waals surface area (Å²) < 4.78 is 0. The number of carbonyl (C=O) groups is 1. The molecule has 1 atom stereocenters. The molecule has 1 heterocycles. The number of hydrogen-bond acceptors (Lipinski definition) is 3. The summed E-state index contributed by atoms with van der Waals surface area (Å²) in [6.45, 7) is 7.12. The van der Waals surface area contributed by atoms with E-state index < -0.39 is 0 Å². The van der Waals surface area contributed by atoms with Crippen molar-refractivity contribution in [2.75, 3.05) is 25.4 Å².